The van der Waals surface area contributed by atoms with E-state index >= 15 is 0 Å². The summed E-state index contributed by atoms with van der Waals surface area (Å²) in [5.74, 6) is 2.31. The van der Waals surface area contributed by atoms with Crippen LogP contribution >= 0.6 is 23.8 Å². The van der Waals surface area contributed by atoms with Crippen molar-refractivity contribution >= 4 is 51.3 Å². The van der Waals surface area contributed by atoms with Crippen molar-refractivity contribution in [3.8, 4) is 17.2 Å². The summed E-state index contributed by atoms with van der Waals surface area (Å²) in [4.78, 5) is 16.3. The van der Waals surface area contributed by atoms with Crippen LogP contribution in [0.2, 0.25) is 5.02 Å². The number of rotatable bonds is 6. The van der Waals surface area contributed by atoms with E-state index in [2.05, 4.69) is 42.5 Å². The molecule has 0 saturated carbocycles. The Balaban J connectivity index is 0.000000260. The van der Waals surface area contributed by atoms with Gasteiger partial charge in [0.2, 0.25) is 0 Å². The first-order chi connectivity index (χ1) is 18.2. The van der Waals surface area contributed by atoms with E-state index in [1.54, 1.807) is 44.5 Å². The molecule has 0 spiro atoms. The van der Waals surface area contributed by atoms with Crippen molar-refractivity contribution in [2.75, 3.05) is 19.5 Å². The quantitative estimate of drug-likeness (QED) is 0.240. The van der Waals surface area contributed by atoms with Crippen molar-refractivity contribution < 1.29 is 14.3 Å². The number of aromatic nitrogens is 1. The normalized spacial score (nSPS) is 10.3. The molecule has 1 heterocycles. The first-order valence-corrected chi connectivity index (χ1v) is 13.0. The number of aryl methyl sites for hydroxylation is 1. The maximum Gasteiger partial charge on any atom is 0.256 e. The van der Waals surface area contributed by atoms with Crippen LogP contribution in [-0.4, -0.2) is 30.0 Å². The maximum absolute atomic E-state index is 11.4. The standard InChI is InChI=1S/C21H24N2O2.C9H8ClNOS/c1-6-15-11-16-18(12-21(15)24-5)23-10-9-20(16)25-19-8-7-17(22-4)13(2)14(19)3;1-6(13)11-9(12)7-3-2-4-8(10)5-7/h7-12,22H,6H2,1-5H3;2-5H,1H3,(H,11,12,13). The number of hydrogen-bond acceptors (Lipinski definition) is 6. The van der Waals surface area contributed by atoms with Crippen LogP contribution in [0.3, 0.4) is 0 Å². The molecule has 4 aromatic rings. The summed E-state index contributed by atoms with van der Waals surface area (Å²) in [6, 6.07) is 16.7. The lowest BCUT2D eigenvalue weighted by atomic mass is 10.1. The van der Waals surface area contributed by atoms with E-state index in [1.807, 2.05) is 31.3 Å². The van der Waals surface area contributed by atoms with Crippen molar-refractivity contribution in [3.05, 3.63) is 88.1 Å². The van der Waals surface area contributed by atoms with Gasteiger partial charge in [-0.25, -0.2) is 0 Å². The molecule has 38 heavy (non-hydrogen) atoms. The summed E-state index contributed by atoms with van der Waals surface area (Å²) in [7, 11) is 3.62. The second-order valence-corrected chi connectivity index (χ2v) is 9.63. The number of thiocarbonyl (C=S) groups is 1. The Labute approximate surface area is 234 Å². The lowest BCUT2D eigenvalue weighted by Gasteiger charge is -2.16. The Morgan fingerprint density at radius 2 is 1.79 bits per heavy atom. The van der Waals surface area contributed by atoms with Gasteiger partial charge in [-0.3, -0.25) is 9.78 Å². The van der Waals surface area contributed by atoms with Crippen molar-refractivity contribution in [3.63, 3.8) is 0 Å². The molecule has 1 aromatic heterocycles. The zero-order valence-electron chi connectivity index (χ0n) is 22.4. The average Bonchev–Trinajstić information content (AvgIpc) is 2.90. The van der Waals surface area contributed by atoms with Crippen LogP contribution in [0.4, 0.5) is 5.69 Å². The van der Waals surface area contributed by atoms with E-state index in [1.165, 1.54) is 5.56 Å². The number of pyridine rings is 1. The minimum atomic E-state index is -0.227. The van der Waals surface area contributed by atoms with Gasteiger partial charge in [0.1, 0.15) is 17.2 Å². The number of nitrogens with one attached hydrogen (secondary N) is 2. The largest absolute Gasteiger partial charge is 0.496 e. The predicted octanol–water partition coefficient (Wildman–Crippen LogP) is 7.67. The molecular formula is C30H32ClN3O3S. The molecule has 6 nitrogen and oxygen atoms in total. The SMILES string of the molecule is CC(=S)NC(=O)c1cccc(Cl)c1.CCc1cc2c(Oc3ccc(NC)c(C)c3C)ccnc2cc1OC. The topological polar surface area (TPSA) is 72.5 Å². The van der Waals surface area contributed by atoms with Gasteiger partial charge >= 0.3 is 0 Å². The van der Waals surface area contributed by atoms with Gasteiger partial charge in [-0.15, -0.1) is 0 Å². The van der Waals surface area contributed by atoms with Gasteiger partial charge in [-0.2, -0.15) is 0 Å². The van der Waals surface area contributed by atoms with Crippen molar-refractivity contribution in [1.29, 1.82) is 0 Å². The predicted molar refractivity (Wildman–Crippen MR) is 160 cm³/mol. The van der Waals surface area contributed by atoms with Crippen molar-refractivity contribution in [1.82, 2.24) is 10.3 Å². The number of benzene rings is 3. The van der Waals surface area contributed by atoms with Crippen LogP contribution in [0.15, 0.2) is 60.8 Å². The summed E-state index contributed by atoms with van der Waals surface area (Å²) in [5.41, 5.74) is 5.95. The molecule has 0 unspecified atom stereocenters. The highest BCUT2D eigenvalue weighted by atomic mass is 35.5. The first kappa shape index (κ1) is 28.9. The molecule has 0 radical (unpaired) electrons. The molecule has 8 heteroatoms. The fraction of sp³-hybridized carbons (Fsp3) is 0.233. The molecule has 2 N–H and O–H groups in total. The molecule has 3 aromatic carbocycles. The summed E-state index contributed by atoms with van der Waals surface area (Å²) in [6.07, 6.45) is 2.66. The van der Waals surface area contributed by atoms with Crippen LogP contribution in [0, 0.1) is 13.8 Å². The molecule has 0 fully saturated rings. The summed E-state index contributed by atoms with van der Waals surface area (Å²) < 4.78 is 11.7. The van der Waals surface area contributed by atoms with E-state index < -0.39 is 0 Å². The number of fused-ring (bicyclic) bond motifs is 1. The average molecular weight is 550 g/mol. The van der Waals surface area contributed by atoms with Gasteiger partial charge in [0, 0.05) is 41.0 Å². The number of carbonyl (C=O) groups excluding carboxylic acids is 1. The summed E-state index contributed by atoms with van der Waals surface area (Å²) in [5, 5.41) is 7.26. The minimum Gasteiger partial charge on any atom is -0.496 e. The fourth-order valence-electron chi connectivity index (χ4n) is 3.91. The zero-order valence-corrected chi connectivity index (χ0v) is 24.0. The molecular weight excluding hydrogens is 518 g/mol. The second kappa shape index (κ2) is 13.2. The van der Waals surface area contributed by atoms with Crippen LogP contribution in [0.25, 0.3) is 10.9 Å². The second-order valence-electron chi connectivity index (χ2n) is 8.58. The van der Waals surface area contributed by atoms with Crippen molar-refractivity contribution in [2.45, 2.75) is 34.1 Å². The number of nitrogens with zero attached hydrogens (tertiary/aromatic N) is 1. The van der Waals surface area contributed by atoms with Gasteiger partial charge in [0.25, 0.3) is 5.91 Å². The molecule has 0 saturated heterocycles. The Hall–Kier alpha value is -3.68. The Morgan fingerprint density at radius 1 is 1.03 bits per heavy atom. The third-order valence-corrected chi connectivity index (χ3v) is 6.42. The number of ether oxygens (including phenoxy) is 2. The number of amides is 1. The Bertz CT molecular complexity index is 1470. The van der Waals surface area contributed by atoms with Gasteiger partial charge in [0.15, 0.2) is 0 Å². The first-order valence-electron chi connectivity index (χ1n) is 12.2. The minimum absolute atomic E-state index is 0.227. The van der Waals surface area contributed by atoms with Gasteiger partial charge < -0.3 is 20.1 Å². The third kappa shape index (κ3) is 7.00. The van der Waals surface area contributed by atoms with E-state index in [0.717, 1.165) is 51.4 Å². The Kier molecular flexibility index (Phi) is 10.0. The molecule has 0 aliphatic carbocycles. The Morgan fingerprint density at radius 3 is 2.42 bits per heavy atom. The molecule has 1 amide bonds. The van der Waals surface area contributed by atoms with Gasteiger partial charge in [0.05, 0.1) is 17.6 Å². The van der Waals surface area contributed by atoms with E-state index in [-0.39, 0.29) is 5.91 Å². The number of carbonyl (C=O) groups is 1. The highest BCUT2D eigenvalue weighted by molar-refractivity contribution is 7.80. The van der Waals surface area contributed by atoms with Crippen LogP contribution in [0.1, 0.15) is 40.9 Å². The van der Waals surface area contributed by atoms with E-state index in [4.69, 9.17) is 33.3 Å². The monoisotopic (exact) mass is 549 g/mol. The highest BCUT2D eigenvalue weighted by Crippen LogP contribution is 2.36. The van der Waals surface area contributed by atoms with Gasteiger partial charge in [-0.1, -0.05) is 36.8 Å². The third-order valence-electron chi connectivity index (χ3n) is 6.09. The van der Waals surface area contributed by atoms with Crippen LogP contribution in [0.5, 0.6) is 17.2 Å². The lowest BCUT2D eigenvalue weighted by molar-refractivity contribution is 0.0977. The fourth-order valence-corrected chi connectivity index (χ4v) is 4.19. The van der Waals surface area contributed by atoms with E-state index in [0.29, 0.717) is 15.6 Å². The summed E-state index contributed by atoms with van der Waals surface area (Å²) in [6.45, 7) is 7.94. The molecule has 0 aliphatic heterocycles. The molecule has 0 atom stereocenters. The van der Waals surface area contributed by atoms with Crippen LogP contribution < -0.4 is 20.1 Å². The van der Waals surface area contributed by atoms with E-state index in [9.17, 15) is 4.79 Å². The van der Waals surface area contributed by atoms with Gasteiger partial charge in [-0.05, 0) is 86.3 Å². The maximum atomic E-state index is 11.4. The number of anilines is 1. The smallest absolute Gasteiger partial charge is 0.256 e. The lowest BCUT2D eigenvalue weighted by Crippen LogP contribution is -2.26. The number of halogens is 1. The van der Waals surface area contributed by atoms with Crippen molar-refractivity contribution in [2.24, 2.45) is 0 Å². The number of methoxy groups -OCH3 is 1. The molecule has 0 aliphatic rings. The number of hydrogen-bond donors (Lipinski definition) is 2. The molecule has 4 rings (SSSR count). The molecule has 0 bridgehead atoms. The molecule has 198 valence electrons. The highest BCUT2D eigenvalue weighted by Gasteiger charge is 2.12. The zero-order chi connectivity index (χ0) is 27.8. The van der Waals surface area contributed by atoms with Crippen LogP contribution in [-0.2, 0) is 6.42 Å². The summed E-state index contributed by atoms with van der Waals surface area (Å²) >= 11 is 10.5.